The Kier molecular flexibility index (Phi) is 9.33. The molecule has 0 amide bonds. The Morgan fingerprint density at radius 1 is 0.909 bits per heavy atom. The second kappa shape index (κ2) is 13.5. The second-order valence-corrected chi connectivity index (χ2v) is 10.3. The van der Waals surface area contributed by atoms with Gasteiger partial charge in [0.25, 0.3) is 0 Å². The monoisotopic (exact) mass is 598 g/mol. The number of hydrogen-bond acceptors (Lipinski definition) is 9. The molecule has 228 valence electrons. The summed E-state index contributed by atoms with van der Waals surface area (Å²) in [6.07, 6.45) is 2.68. The summed E-state index contributed by atoms with van der Waals surface area (Å²) < 4.78 is 28.7. The van der Waals surface area contributed by atoms with E-state index >= 15 is 0 Å². The van der Waals surface area contributed by atoms with E-state index < -0.39 is 5.97 Å². The molecular weight excluding hydrogens is 564 g/mol. The number of rotatable bonds is 12. The van der Waals surface area contributed by atoms with Crippen LogP contribution in [0, 0.1) is 6.92 Å². The molecule has 0 aliphatic rings. The third kappa shape index (κ3) is 6.32. The highest BCUT2D eigenvalue weighted by atomic mass is 16.5. The zero-order chi connectivity index (χ0) is 31.2. The Morgan fingerprint density at radius 3 is 2.39 bits per heavy atom. The molecule has 5 rings (SSSR count). The van der Waals surface area contributed by atoms with Crippen molar-refractivity contribution in [1.82, 2.24) is 0 Å². The van der Waals surface area contributed by atoms with Crippen molar-refractivity contribution in [2.45, 2.75) is 46.5 Å². The smallest absolute Gasteiger partial charge is 0.374 e. The number of fused-ring (bicyclic) bond motifs is 2. The number of unbranched alkanes of at least 4 members (excludes halogenated alkanes) is 1. The van der Waals surface area contributed by atoms with Gasteiger partial charge >= 0.3 is 5.97 Å². The first-order valence-electron chi connectivity index (χ1n) is 14.7. The summed E-state index contributed by atoms with van der Waals surface area (Å²) in [4.78, 5) is 38.1. The third-order valence-electron chi connectivity index (χ3n) is 7.19. The average Bonchev–Trinajstić information content (AvgIpc) is 3.00. The van der Waals surface area contributed by atoms with Gasteiger partial charge in [-0.15, -0.1) is 0 Å². The Balaban J connectivity index is 1.24. The molecule has 0 aliphatic heterocycles. The molecule has 1 N–H and O–H groups in total. The molecule has 0 bridgehead atoms. The van der Waals surface area contributed by atoms with E-state index in [0.717, 1.165) is 23.6 Å². The lowest BCUT2D eigenvalue weighted by Gasteiger charge is -2.14. The first-order chi connectivity index (χ1) is 21.3. The molecule has 0 spiro atoms. The minimum atomic E-state index is -0.686. The maximum Gasteiger partial charge on any atom is 0.374 e. The fourth-order valence-electron chi connectivity index (χ4n) is 5.17. The van der Waals surface area contributed by atoms with Gasteiger partial charge in [-0.3, -0.25) is 9.59 Å². The van der Waals surface area contributed by atoms with Gasteiger partial charge in [0.15, 0.2) is 5.43 Å². The zero-order valence-corrected chi connectivity index (χ0v) is 24.9. The Hall–Kier alpha value is -5.05. The van der Waals surface area contributed by atoms with Crippen molar-refractivity contribution in [2.24, 2.45) is 0 Å². The van der Waals surface area contributed by atoms with Crippen LogP contribution >= 0.6 is 0 Å². The van der Waals surface area contributed by atoms with Crippen LogP contribution in [0.1, 0.15) is 55.0 Å². The average molecular weight is 599 g/mol. The fourth-order valence-corrected chi connectivity index (χ4v) is 5.17. The van der Waals surface area contributed by atoms with Gasteiger partial charge in [0, 0.05) is 23.8 Å². The minimum absolute atomic E-state index is 0.110. The lowest BCUT2D eigenvalue weighted by molar-refractivity contribution is 0.0490. The fraction of sp³-hybridized carbons (Fsp3) is 0.286. The quantitative estimate of drug-likeness (QED) is 0.120. The van der Waals surface area contributed by atoms with Crippen molar-refractivity contribution in [2.75, 3.05) is 19.8 Å². The van der Waals surface area contributed by atoms with Gasteiger partial charge in [0.05, 0.1) is 30.8 Å². The normalized spacial score (nSPS) is 11.2. The van der Waals surface area contributed by atoms with Gasteiger partial charge in [0.1, 0.15) is 39.6 Å². The highest BCUT2D eigenvalue weighted by Crippen LogP contribution is 2.33. The van der Waals surface area contributed by atoms with E-state index in [9.17, 15) is 19.5 Å². The van der Waals surface area contributed by atoms with Crippen LogP contribution in [0.5, 0.6) is 17.2 Å². The van der Waals surface area contributed by atoms with Crippen molar-refractivity contribution in [1.29, 1.82) is 0 Å². The molecule has 0 saturated carbocycles. The van der Waals surface area contributed by atoms with Crippen molar-refractivity contribution < 1.29 is 32.9 Å². The number of carbonyl (C=O) groups is 1. The van der Waals surface area contributed by atoms with Crippen molar-refractivity contribution in [3.8, 4) is 28.4 Å². The van der Waals surface area contributed by atoms with E-state index in [0.29, 0.717) is 66.3 Å². The predicted octanol–water partition coefficient (Wildman–Crippen LogP) is 6.95. The number of aromatic hydroxyl groups is 1. The van der Waals surface area contributed by atoms with Crippen LogP contribution in [0.3, 0.4) is 0 Å². The van der Waals surface area contributed by atoms with Gasteiger partial charge in [-0.2, -0.15) is 0 Å². The molecule has 44 heavy (non-hydrogen) atoms. The number of carbonyl (C=O) groups excluding carboxylic acids is 1. The first-order valence-corrected chi connectivity index (χ1v) is 14.7. The molecular formula is C35H34O9. The number of ether oxygens (including phenoxy) is 3. The first kappa shape index (κ1) is 30.4. The van der Waals surface area contributed by atoms with Crippen LogP contribution in [-0.2, 0) is 11.2 Å². The Morgan fingerprint density at radius 2 is 1.66 bits per heavy atom. The maximum absolute atomic E-state index is 13.2. The minimum Gasteiger partial charge on any atom is -0.507 e. The number of phenolic OH excluding ortho intramolecular Hbond substituents is 1. The summed E-state index contributed by atoms with van der Waals surface area (Å²) >= 11 is 0. The highest BCUT2D eigenvalue weighted by molar-refractivity contribution is 5.90. The number of benzene rings is 3. The molecule has 2 heterocycles. The number of phenols is 1. The summed E-state index contributed by atoms with van der Waals surface area (Å²) in [6.45, 7) is 6.31. The summed E-state index contributed by atoms with van der Waals surface area (Å²) in [7, 11) is 0. The van der Waals surface area contributed by atoms with Crippen LogP contribution in [0.15, 0.2) is 79.1 Å². The molecule has 0 saturated heterocycles. The summed E-state index contributed by atoms with van der Waals surface area (Å²) in [5, 5.41) is 11.2. The molecule has 0 fully saturated rings. The van der Waals surface area contributed by atoms with Crippen LogP contribution in [0.4, 0.5) is 0 Å². The van der Waals surface area contributed by atoms with E-state index in [-0.39, 0.29) is 39.9 Å². The lowest BCUT2D eigenvalue weighted by Crippen LogP contribution is -2.11. The van der Waals surface area contributed by atoms with E-state index in [1.807, 2.05) is 37.3 Å². The number of aryl methyl sites for hydroxylation is 2. The molecule has 0 radical (unpaired) electrons. The van der Waals surface area contributed by atoms with E-state index in [4.69, 9.17) is 23.0 Å². The third-order valence-corrected chi connectivity index (χ3v) is 7.19. The topological polar surface area (TPSA) is 125 Å². The second-order valence-electron chi connectivity index (χ2n) is 10.3. The van der Waals surface area contributed by atoms with Crippen molar-refractivity contribution in [3.63, 3.8) is 0 Å². The largest absolute Gasteiger partial charge is 0.507 e. The van der Waals surface area contributed by atoms with E-state index in [1.165, 1.54) is 6.07 Å². The molecule has 0 aliphatic carbocycles. The molecule has 0 unspecified atom stereocenters. The molecule has 2 aromatic heterocycles. The summed E-state index contributed by atoms with van der Waals surface area (Å²) in [5.74, 6) is 0.400. The standard InChI is InChI=1S/C35H34O9/c1-4-11-25-28(15-14-24-26(36)20-30(44-34(24)25)35(39)40-5-2)42-17-10-9-16-41-23-18-27(37)32-29(19-23)43-21(3)31(33(32)38)22-12-7-6-8-13-22/h6-8,12-15,18-20,37H,4-5,9-11,16-17H2,1-3H3. The van der Waals surface area contributed by atoms with Crippen molar-refractivity contribution in [3.05, 3.63) is 98.2 Å². The van der Waals surface area contributed by atoms with Gasteiger partial charge in [-0.05, 0) is 50.8 Å². The van der Waals surface area contributed by atoms with Gasteiger partial charge in [-0.1, -0.05) is 43.7 Å². The van der Waals surface area contributed by atoms with Crippen LogP contribution < -0.4 is 20.3 Å². The van der Waals surface area contributed by atoms with E-state index in [2.05, 4.69) is 0 Å². The SMILES string of the molecule is CCCc1c(OCCCCOc2cc(O)c3c(=O)c(-c4ccccc4)c(C)oc3c2)ccc2c(=O)cc(C(=O)OCC)oc12. The highest BCUT2D eigenvalue weighted by Gasteiger charge is 2.19. The van der Waals surface area contributed by atoms with Gasteiger partial charge in [-0.25, -0.2) is 4.79 Å². The lowest BCUT2D eigenvalue weighted by atomic mass is 10.0. The molecule has 9 heteroatoms. The molecule has 9 nitrogen and oxygen atoms in total. The molecule has 5 aromatic rings. The predicted molar refractivity (Wildman–Crippen MR) is 167 cm³/mol. The number of esters is 1. The molecule has 0 atom stereocenters. The Labute approximate surface area is 253 Å². The molecule has 3 aromatic carbocycles. The van der Waals surface area contributed by atoms with Gasteiger partial charge in [0.2, 0.25) is 11.2 Å². The Bertz CT molecular complexity index is 1920. The van der Waals surface area contributed by atoms with Gasteiger partial charge < -0.3 is 28.2 Å². The van der Waals surface area contributed by atoms with Crippen LogP contribution in [-0.4, -0.2) is 30.9 Å². The maximum atomic E-state index is 13.2. The van der Waals surface area contributed by atoms with Crippen molar-refractivity contribution >= 4 is 27.9 Å². The summed E-state index contributed by atoms with van der Waals surface area (Å²) in [6, 6.07) is 16.8. The van der Waals surface area contributed by atoms with E-state index in [1.54, 1.807) is 32.0 Å². The number of hydrogen-bond donors (Lipinski definition) is 1. The van der Waals surface area contributed by atoms with Crippen LogP contribution in [0.2, 0.25) is 0 Å². The summed E-state index contributed by atoms with van der Waals surface area (Å²) in [5.41, 5.74) is 1.82. The zero-order valence-electron chi connectivity index (χ0n) is 24.9. The van der Waals surface area contributed by atoms with Crippen LogP contribution in [0.25, 0.3) is 33.1 Å².